The van der Waals surface area contributed by atoms with Gasteiger partial charge in [0.2, 0.25) is 0 Å². The second-order valence-electron chi connectivity index (χ2n) is 6.74. The van der Waals surface area contributed by atoms with Crippen molar-refractivity contribution in [1.29, 1.82) is 0 Å². The summed E-state index contributed by atoms with van der Waals surface area (Å²) in [6.07, 6.45) is 9.10. The Morgan fingerprint density at radius 3 is 3.00 bits per heavy atom. The molecule has 2 aliphatic heterocycles. The lowest BCUT2D eigenvalue weighted by Gasteiger charge is -2.27. The van der Waals surface area contributed by atoms with Gasteiger partial charge in [0.1, 0.15) is 18.1 Å². The monoisotopic (exact) mass is 331 g/mol. The van der Waals surface area contributed by atoms with Crippen LogP contribution in [-0.4, -0.2) is 56.2 Å². The molecule has 3 unspecified atom stereocenters. The van der Waals surface area contributed by atoms with E-state index in [0.717, 1.165) is 44.5 Å². The Balaban J connectivity index is 1.43. The van der Waals surface area contributed by atoms with Gasteiger partial charge < -0.3 is 16.2 Å². The van der Waals surface area contributed by atoms with E-state index in [-0.39, 0.29) is 12.3 Å². The first-order chi connectivity index (χ1) is 11.8. The average Bonchev–Trinajstić information content (AvgIpc) is 3.29. The smallest absolute Gasteiger partial charge is 0.167 e. The standard InChI is InChI=1S/C16H25N7O/c17-6-5-11-2-1-7-22(11)8-12-3-4-13(24-12)23-10-21-14-15(18)19-9-20-16(14)23/h9-13H,1-8,17H2,(H2,18,19,20). The van der Waals surface area contributed by atoms with Gasteiger partial charge in [-0.05, 0) is 45.2 Å². The van der Waals surface area contributed by atoms with Crippen LogP contribution in [0.1, 0.15) is 38.3 Å². The lowest BCUT2D eigenvalue weighted by molar-refractivity contribution is -0.0135. The van der Waals surface area contributed by atoms with Gasteiger partial charge in [-0.3, -0.25) is 9.47 Å². The van der Waals surface area contributed by atoms with Crippen LogP contribution in [0.15, 0.2) is 12.7 Å². The molecule has 0 saturated carbocycles. The van der Waals surface area contributed by atoms with Crippen molar-refractivity contribution in [3.63, 3.8) is 0 Å². The van der Waals surface area contributed by atoms with Crippen molar-refractivity contribution in [3.05, 3.63) is 12.7 Å². The largest absolute Gasteiger partial charge is 0.382 e. The molecule has 0 bridgehead atoms. The summed E-state index contributed by atoms with van der Waals surface area (Å²) in [5.74, 6) is 0.412. The van der Waals surface area contributed by atoms with Gasteiger partial charge in [0.05, 0.1) is 12.4 Å². The van der Waals surface area contributed by atoms with Crippen molar-refractivity contribution in [2.24, 2.45) is 5.73 Å². The molecule has 130 valence electrons. The number of likely N-dealkylation sites (tertiary alicyclic amines) is 1. The molecular formula is C16H25N7O. The SMILES string of the molecule is NCCC1CCCN1CC1CCC(n2cnc3c(N)ncnc32)O1. The Morgan fingerprint density at radius 1 is 1.21 bits per heavy atom. The fourth-order valence-corrected chi connectivity index (χ4v) is 4.02. The van der Waals surface area contributed by atoms with Crippen LogP contribution < -0.4 is 11.5 Å². The van der Waals surface area contributed by atoms with Gasteiger partial charge in [-0.25, -0.2) is 15.0 Å². The molecule has 2 fully saturated rings. The normalized spacial score (nSPS) is 28.1. The fraction of sp³-hybridized carbons (Fsp3) is 0.688. The van der Waals surface area contributed by atoms with Crippen molar-refractivity contribution in [2.45, 2.75) is 50.5 Å². The number of hydrogen-bond acceptors (Lipinski definition) is 7. The van der Waals surface area contributed by atoms with Gasteiger partial charge in [-0.1, -0.05) is 0 Å². The van der Waals surface area contributed by atoms with Gasteiger partial charge in [-0.15, -0.1) is 0 Å². The molecule has 0 radical (unpaired) electrons. The van der Waals surface area contributed by atoms with E-state index in [1.165, 1.54) is 19.2 Å². The zero-order valence-electron chi connectivity index (χ0n) is 13.8. The molecule has 0 aromatic carbocycles. The predicted octanol–water partition coefficient (Wildman–Crippen LogP) is 0.899. The maximum atomic E-state index is 6.29. The lowest BCUT2D eigenvalue weighted by atomic mass is 10.1. The number of nitrogens with two attached hydrogens (primary N) is 2. The number of hydrogen-bond donors (Lipinski definition) is 2. The summed E-state index contributed by atoms with van der Waals surface area (Å²) in [5.41, 5.74) is 13.0. The van der Waals surface area contributed by atoms with Crippen molar-refractivity contribution >= 4 is 17.0 Å². The van der Waals surface area contributed by atoms with Crippen molar-refractivity contribution in [2.75, 3.05) is 25.4 Å². The summed E-state index contributed by atoms with van der Waals surface area (Å²) in [7, 11) is 0. The number of imidazole rings is 1. The van der Waals surface area contributed by atoms with Gasteiger partial charge >= 0.3 is 0 Å². The minimum atomic E-state index is -0.0233. The van der Waals surface area contributed by atoms with Crippen molar-refractivity contribution in [1.82, 2.24) is 24.4 Å². The zero-order chi connectivity index (χ0) is 16.5. The summed E-state index contributed by atoms with van der Waals surface area (Å²) in [6.45, 7) is 2.91. The van der Waals surface area contributed by atoms with Crippen LogP contribution in [0, 0.1) is 0 Å². The molecule has 8 heteroatoms. The summed E-state index contributed by atoms with van der Waals surface area (Å²) >= 11 is 0. The Labute approximate surface area is 141 Å². The molecule has 2 saturated heterocycles. The number of fused-ring (bicyclic) bond motifs is 1. The van der Waals surface area contributed by atoms with E-state index in [1.807, 2.05) is 4.57 Å². The molecular weight excluding hydrogens is 306 g/mol. The molecule has 0 aliphatic carbocycles. The third-order valence-electron chi connectivity index (χ3n) is 5.22. The maximum Gasteiger partial charge on any atom is 0.167 e. The molecule has 0 spiro atoms. The van der Waals surface area contributed by atoms with E-state index in [0.29, 0.717) is 17.4 Å². The number of ether oxygens (including phenoxy) is 1. The maximum absolute atomic E-state index is 6.29. The predicted molar refractivity (Wildman–Crippen MR) is 91.1 cm³/mol. The summed E-state index contributed by atoms with van der Waals surface area (Å²) in [5, 5.41) is 0. The van der Waals surface area contributed by atoms with Gasteiger partial charge in [0.15, 0.2) is 11.5 Å². The van der Waals surface area contributed by atoms with E-state index >= 15 is 0 Å². The first kappa shape index (κ1) is 15.7. The average molecular weight is 331 g/mol. The molecule has 2 aromatic rings. The van der Waals surface area contributed by atoms with Crippen LogP contribution in [-0.2, 0) is 4.74 Å². The van der Waals surface area contributed by atoms with Crippen LogP contribution in [0.5, 0.6) is 0 Å². The molecule has 8 nitrogen and oxygen atoms in total. The van der Waals surface area contributed by atoms with Crippen molar-refractivity contribution < 1.29 is 4.74 Å². The number of anilines is 1. The minimum absolute atomic E-state index is 0.0233. The highest BCUT2D eigenvalue weighted by Crippen LogP contribution is 2.32. The van der Waals surface area contributed by atoms with Crippen LogP contribution >= 0.6 is 0 Å². The number of nitrogen functional groups attached to an aromatic ring is 1. The van der Waals surface area contributed by atoms with Crippen LogP contribution in [0.25, 0.3) is 11.2 Å². The highest BCUT2D eigenvalue weighted by atomic mass is 16.5. The Bertz CT molecular complexity index is 703. The summed E-state index contributed by atoms with van der Waals surface area (Å²) in [4.78, 5) is 15.2. The molecule has 4 N–H and O–H groups in total. The summed E-state index contributed by atoms with van der Waals surface area (Å²) in [6, 6.07) is 0.624. The van der Waals surface area contributed by atoms with Gasteiger partial charge in [0.25, 0.3) is 0 Å². The second kappa shape index (κ2) is 6.62. The summed E-state index contributed by atoms with van der Waals surface area (Å²) < 4.78 is 8.27. The van der Waals surface area contributed by atoms with Crippen LogP contribution in [0.2, 0.25) is 0 Å². The fourth-order valence-electron chi connectivity index (χ4n) is 4.02. The van der Waals surface area contributed by atoms with E-state index < -0.39 is 0 Å². The van der Waals surface area contributed by atoms with Gasteiger partial charge in [0, 0.05) is 12.6 Å². The highest BCUT2D eigenvalue weighted by Gasteiger charge is 2.32. The molecule has 4 heterocycles. The quantitative estimate of drug-likeness (QED) is 0.838. The molecule has 3 atom stereocenters. The van der Waals surface area contributed by atoms with Crippen molar-refractivity contribution in [3.8, 4) is 0 Å². The molecule has 2 aliphatic rings. The third-order valence-corrected chi connectivity index (χ3v) is 5.22. The van der Waals surface area contributed by atoms with Crippen LogP contribution in [0.4, 0.5) is 5.82 Å². The minimum Gasteiger partial charge on any atom is -0.382 e. The molecule has 4 rings (SSSR count). The number of nitrogens with zero attached hydrogens (tertiary/aromatic N) is 5. The van der Waals surface area contributed by atoms with E-state index in [9.17, 15) is 0 Å². The van der Waals surface area contributed by atoms with E-state index in [1.54, 1.807) is 6.33 Å². The molecule has 0 amide bonds. The second-order valence-corrected chi connectivity index (χ2v) is 6.74. The lowest BCUT2D eigenvalue weighted by Crippen LogP contribution is -2.37. The Morgan fingerprint density at radius 2 is 2.12 bits per heavy atom. The van der Waals surface area contributed by atoms with Gasteiger partial charge in [-0.2, -0.15) is 0 Å². The number of rotatable bonds is 5. The van der Waals surface area contributed by atoms with E-state index in [2.05, 4.69) is 19.9 Å². The Hall–Kier alpha value is -1.77. The topological polar surface area (TPSA) is 108 Å². The third kappa shape index (κ3) is 2.85. The van der Waals surface area contributed by atoms with Crippen LogP contribution in [0.3, 0.4) is 0 Å². The molecule has 24 heavy (non-hydrogen) atoms. The molecule has 2 aromatic heterocycles. The Kier molecular flexibility index (Phi) is 4.34. The number of aromatic nitrogens is 4. The van der Waals surface area contributed by atoms with E-state index in [4.69, 9.17) is 16.2 Å². The zero-order valence-corrected chi connectivity index (χ0v) is 13.8. The first-order valence-electron chi connectivity index (χ1n) is 8.79. The first-order valence-corrected chi connectivity index (χ1v) is 8.79. The highest BCUT2D eigenvalue weighted by molar-refractivity contribution is 5.81.